The molecule has 2 N–H and O–H groups in total. The molecular weight excluding hydrogens is 468 g/mol. The van der Waals surface area contributed by atoms with Crippen molar-refractivity contribution in [1.82, 2.24) is 0 Å². The number of carboxylic acid groups (broad SMARTS) is 1. The second-order valence-corrected chi connectivity index (χ2v) is 13.0. The van der Waals surface area contributed by atoms with E-state index in [1.165, 1.54) is 5.56 Å². The minimum atomic E-state index is -0.970. The molecule has 38 heavy (non-hydrogen) atoms. The third-order valence-electron chi connectivity index (χ3n) is 8.25. The summed E-state index contributed by atoms with van der Waals surface area (Å²) in [5.74, 6) is -1.13. The first-order valence-corrected chi connectivity index (χ1v) is 14.4. The topological polar surface area (TPSA) is 57.5 Å². The molecule has 1 aliphatic carbocycles. The number of unbranched alkanes of at least 4 members (excludes halogenated alkanes) is 2. The molecule has 3 rings (SSSR count). The smallest absolute Gasteiger partial charge is 0.332 e. The Hall–Kier alpha value is -2.81. The van der Waals surface area contributed by atoms with E-state index in [2.05, 4.69) is 79.7 Å². The molecule has 1 aliphatic rings. The van der Waals surface area contributed by atoms with E-state index >= 15 is 0 Å². The molecule has 0 saturated carbocycles. The maximum atomic E-state index is 13.2. The second-order valence-electron chi connectivity index (χ2n) is 13.0. The number of carboxylic acids is 1. The van der Waals surface area contributed by atoms with Crippen LogP contribution in [0.3, 0.4) is 0 Å². The van der Waals surface area contributed by atoms with E-state index in [4.69, 9.17) is 0 Å². The van der Waals surface area contributed by atoms with Gasteiger partial charge in [0.25, 0.3) is 0 Å². The fraction of sp³-hybridized carbons (Fsp3) is 0.514. The van der Waals surface area contributed by atoms with Crippen molar-refractivity contribution in [3.63, 3.8) is 0 Å². The summed E-state index contributed by atoms with van der Waals surface area (Å²) < 4.78 is 0. The van der Waals surface area contributed by atoms with Gasteiger partial charge in [-0.25, -0.2) is 4.79 Å². The third kappa shape index (κ3) is 5.48. The van der Waals surface area contributed by atoms with E-state index in [-0.39, 0.29) is 0 Å². The van der Waals surface area contributed by atoms with Gasteiger partial charge in [0, 0.05) is 11.5 Å². The quantitative estimate of drug-likeness (QED) is 0.349. The average molecular weight is 517 g/mol. The zero-order chi connectivity index (χ0) is 28.3. The lowest BCUT2D eigenvalue weighted by Gasteiger charge is -2.50. The van der Waals surface area contributed by atoms with Crippen LogP contribution in [0.5, 0.6) is 0 Å². The number of aliphatic carboxylic acids is 1. The number of aryl methyl sites for hydroxylation is 2. The number of aliphatic hydroxyl groups is 1. The van der Waals surface area contributed by atoms with Crippen LogP contribution >= 0.6 is 0 Å². The lowest BCUT2D eigenvalue weighted by molar-refractivity contribution is -0.133. The molecule has 0 radical (unpaired) electrons. The minimum Gasteiger partial charge on any atom is -0.511 e. The normalized spacial score (nSPS) is 20.4. The van der Waals surface area contributed by atoms with Crippen LogP contribution in [-0.2, 0) is 23.1 Å². The van der Waals surface area contributed by atoms with Crippen LogP contribution in [0, 0.1) is 10.8 Å². The lowest BCUT2D eigenvalue weighted by Crippen LogP contribution is -2.46. The lowest BCUT2D eigenvalue weighted by atomic mass is 9.53. The van der Waals surface area contributed by atoms with Crippen molar-refractivity contribution in [1.29, 1.82) is 0 Å². The van der Waals surface area contributed by atoms with Gasteiger partial charge in [-0.15, -0.1) is 0 Å². The number of hydrogen-bond donors (Lipinski definition) is 2. The SMILES string of the molecule is CCCCc1ccccc1C1C(C(=O)O)=CC(c2ccccc2CCCC)(C(C)(C)C)C(O)=C1C(C)(C)C. The number of carbonyl (C=O) groups is 1. The average Bonchev–Trinajstić information content (AvgIpc) is 2.84. The Bertz CT molecular complexity index is 1200. The van der Waals surface area contributed by atoms with Crippen LogP contribution < -0.4 is 0 Å². The Morgan fingerprint density at radius 3 is 1.89 bits per heavy atom. The number of aliphatic hydroxyl groups excluding tert-OH is 1. The summed E-state index contributed by atoms with van der Waals surface area (Å²) >= 11 is 0. The summed E-state index contributed by atoms with van der Waals surface area (Å²) in [6, 6.07) is 16.5. The summed E-state index contributed by atoms with van der Waals surface area (Å²) in [6.07, 6.45) is 7.89. The molecule has 0 spiro atoms. The van der Waals surface area contributed by atoms with Gasteiger partial charge in [0.2, 0.25) is 0 Å². The predicted molar refractivity (Wildman–Crippen MR) is 159 cm³/mol. The van der Waals surface area contributed by atoms with Crippen LogP contribution in [0.4, 0.5) is 0 Å². The van der Waals surface area contributed by atoms with Gasteiger partial charge in [0.1, 0.15) is 5.76 Å². The Morgan fingerprint density at radius 1 is 0.842 bits per heavy atom. The highest BCUT2D eigenvalue weighted by atomic mass is 16.4. The number of hydrogen-bond acceptors (Lipinski definition) is 2. The number of benzene rings is 2. The van der Waals surface area contributed by atoms with E-state index in [0.717, 1.165) is 60.8 Å². The molecule has 0 fully saturated rings. The van der Waals surface area contributed by atoms with Crippen LogP contribution in [0.2, 0.25) is 0 Å². The highest BCUT2D eigenvalue weighted by Gasteiger charge is 2.54. The molecule has 0 aromatic heterocycles. The highest BCUT2D eigenvalue weighted by Crippen LogP contribution is 2.58. The molecule has 0 bridgehead atoms. The monoisotopic (exact) mass is 516 g/mol. The first-order valence-electron chi connectivity index (χ1n) is 14.4. The summed E-state index contributed by atoms with van der Waals surface area (Å²) in [7, 11) is 0. The molecule has 0 heterocycles. The van der Waals surface area contributed by atoms with E-state index in [1.807, 2.05) is 30.3 Å². The molecular formula is C35H48O3. The van der Waals surface area contributed by atoms with E-state index in [0.29, 0.717) is 11.3 Å². The third-order valence-corrected chi connectivity index (χ3v) is 8.25. The van der Waals surface area contributed by atoms with Crippen molar-refractivity contribution < 1.29 is 15.0 Å². The highest BCUT2D eigenvalue weighted by molar-refractivity contribution is 5.91. The summed E-state index contributed by atoms with van der Waals surface area (Å²) in [5, 5.41) is 23.4. The molecule has 3 nitrogen and oxygen atoms in total. The zero-order valence-electron chi connectivity index (χ0n) is 24.8. The minimum absolute atomic E-state index is 0.307. The fourth-order valence-corrected chi connectivity index (χ4v) is 6.27. The van der Waals surface area contributed by atoms with E-state index in [9.17, 15) is 15.0 Å². The molecule has 0 saturated heterocycles. The first kappa shape index (κ1) is 29.7. The van der Waals surface area contributed by atoms with Crippen LogP contribution in [-0.4, -0.2) is 16.2 Å². The van der Waals surface area contributed by atoms with Crippen molar-refractivity contribution >= 4 is 5.97 Å². The van der Waals surface area contributed by atoms with E-state index in [1.54, 1.807) is 0 Å². The number of allylic oxidation sites excluding steroid dienone is 2. The van der Waals surface area contributed by atoms with Gasteiger partial charge >= 0.3 is 5.97 Å². The molecule has 0 aliphatic heterocycles. The van der Waals surface area contributed by atoms with Crippen LogP contribution in [0.15, 0.2) is 71.5 Å². The Kier molecular flexibility index (Phi) is 9.01. The van der Waals surface area contributed by atoms with Crippen molar-refractivity contribution in [2.75, 3.05) is 0 Å². The van der Waals surface area contributed by atoms with Crippen molar-refractivity contribution in [3.05, 3.63) is 93.8 Å². The molecule has 2 aromatic carbocycles. The Labute approximate surface area is 230 Å². The van der Waals surface area contributed by atoms with Crippen LogP contribution in [0.1, 0.15) is 109 Å². The van der Waals surface area contributed by atoms with Gasteiger partial charge < -0.3 is 10.2 Å². The van der Waals surface area contributed by atoms with Gasteiger partial charge in [0.15, 0.2) is 0 Å². The molecule has 2 unspecified atom stereocenters. The van der Waals surface area contributed by atoms with Crippen LogP contribution in [0.25, 0.3) is 0 Å². The molecule has 3 heteroatoms. The van der Waals surface area contributed by atoms with Gasteiger partial charge in [-0.2, -0.15) is 0 Å². The molecule has 206 valence electrons. The largest absolute Gasteiger partial charge is 0.511 e. The Morgan fingerprint density at radius 2 is 1.37 bits per heavy atom. The summed E-state index contributed by atoms with van der Waals surface area (Å²) in [6.45, 7) is 17.0. The second kappa shape index (κ2) is 11.5. The van der Waals surface area contributed by atoms with Crippen molar-refractivity contribution in [2.45, 2.75) is 105 Å². The zero-order valence-corrected chi connectivity index (χ0v) is 24.8. The van der Waals surface area contributed by atoms with Gasteiger partial charge in [-0.1, -0.05) is 123 Å². The molecule has 2 atom stereocenters. The first-order chi connectivity index (χ1) is 17.8. The fourth-order valence-electron chi connectivity index (χ4n) is 6.27. The summed E-state index contributed by atoms with van der Waals surface area (Å²) in [5.41, 5.74) is 3.59. The Balaban J connectivity index is 2.48. The van der Waals surface area contributed by atoms with E-state index < -0.39 is 28.1 Å². The number of rotatable bonds is 9. The maximum absolute atomic E-state index is 13.2. The molecule has 0 amide bonds. The maximum Gasteiger partial charge on any atom is 0.332 e. The van der Waals surface area contributed by atoms with Crippen molar-refractivity contribution in [2.24, 2.45) is 10.8 Å². The van der Waals surface area contributed by atoms with Gasteiger partial charge in [-0.05, 0) is 64.3 Å². The summed E-state index contributed by atoms with van der Waals surface area (Å²) in [4.78, 5) is 13.2. The molecule has 2 aromatic rings. The predicted octanol–water partition coefficient (Wildman–Crippen LogP) is 9.32. The van der Waals surface area contributed by atoms with Crippen molar-refractivity contribution in [3.8, 4) is 0 Å². The van der Waals surface area contributed by atoms with Gasteiger partial charge in [0.05, 0.1) is 5.41 Å². The standard InChI is InChI=1S/C35H48O3/c1-9-11-17-24-19-13-15-21-26(24)29-27(32(37)38)23-35(34(6,7)8,31(36)30(29)33(3,4)5)28-22-16-14-20-25(28)18-12-10-2/h13-16,19-23,29,36H,9-12,17-18H2,1-8H3,(H,37,38). The van der Waals surface area contributed by atoms with Gasteiger partial charge in [-0.3, -0.25) is 0 Å².